The molecule has 0 spiro atoms. The summed E-state index contributed by atoms with van der Waals surface area (Å²) < 4.78 is 0. The lowest BCUT2D eigenvalue weighted by Gasteiger charge is -2.20. The van der Waals surface area contributed by atoms with Gasteiger partial charge < -0.3 is 11.1 Å². The monoisotopic (exact) mass is 214 g/mol. The van der Waals surface area contributed by atoms with Crippen LogP contribution in [0.4, 0.5) is 5.69 Å². The number of nitrogens with one attached hydrogen (secondary N) is 1. The second-order valence-corrected chi connectivity index (χ2v) is 4.29. The first-order chi connectivity index (χ1) is 7.48. The Kier molecular flexibility index (Phi) is 3.50. The smallest absolute Gasteiger partial charge is 0.101 e. The summed E-state index contributed by atoms with van der Waals surface area (Å²) in [6.07, 6.45) is 0. The summed E-state index contributed by atoms with van der Waals surface area (Å²) in [5.74, 6) is 0. The fraction of sp³-hybridized carbons (Fsp3) is 0.333. The highest BCUT2D eigenvalue weighted by Gasteiger charge is 2.13. The van der Waals surface area contributed by atoms with Crippen molar-refractivity contribution in [2.45, 2.75) is 19.4 Å². The molecule has 0 heterocycles. The lowest BCUT2D eigenvalue weighted by Crippen LogP contribution is -2.39. The summed E-state index contributed by atoms with van der Waals surface area (Å²) in [6, 6.07) is 9.14. The molecule has 16 heavy (non-hydrogen) atoms. The van der Waals surface area contributed by atoms with Crippen molar-refractivity contribution in [3.63, 3.8) is 0 Å². The van der Waals surface area contributed by atoms with Crippen molar-refractivity contribution in [2.75, 3.05) is 11.9 Å². The minimum absolute atomic E-state index is 0.394. The Balaban J connectivity index is 3.03. The highest BCUT2D eigenvalue weighted by Crippen LogP contribution is 2.20. The number of nitrogens with two attached hydrogens (primary N) is 1. The van der Waals surface area contributed by atoms with Gasteiger partial charge in [0.2, 0.25) is 0 Å². The maximum Gasteiger partial charge on any atom is 0.101 e. The van der Waals surface area contributed by atoms with Crippen molar-refractivity contribution in [2.24, 2.45) is 5.73 Å². The number of para-hydroxylation sites is 1. The van der Waals surface area contributed by atoms with Gasteiger partial charge in [-0.05, 0) is 26.0 Å². The summed E-state index contributed by atoms with van der Waals surface area (Å²) in [5, 5.41) is 20.9. The first kappa shape index (κ1) is 12.0. The second kappa shape index (κ2) is 4.65. The molecule has 1 aromatic rings. The van der Waals surface area contributed by atoms with Crippen molar-refractivity contribution < 1.29 is 0 Å². The van der Waals surface area contributed by atoms with E-state index in [0.717, 1.165) is 0 Å². The molecule has 0 saturated heterocycles. The molecule has 0 aliphatic rings. The number of rotatable bonds is 3. The molecule has 0 unspecified atom stereocenters. The van der Waals surface area contributed by atoms with Crippen LogP contribution < -0.4 is 11.1 Å². The first-order valence-corrected chi connectivity index (χ1v) is 4.94. The van der Waals surface area contributed by atoms with Gasteiger partial charge in [-0.25, -0.2) is 0 Å². The molecule has 0 aromatic heterocycles. The van der Waals surface area contributed by atoms with Crippen LogP contribution in [0.2, 0.25) is 0 Å². The molecule has 0 saturated carbocycles. The maximum absolute atomic E-state index is 8.94. The SMILES string of the molecule is CC(C)(N)CNc1c(C#N)cccc1C#N. The molecule has 3 N–H and O–H groups in total. The number of anilines is 1. The number of nitrogens with zero attached hydrogens (tertiary/aromatic N) is 2. The van der Waals surface area contributed by atoms with Gasteiger partial charge in [-0.1, -0.05) is 6.07 Å². The number of nitriles is 2. The van der Waals surface area contributed by atoms with Gasteiger partial charge >= 0.3 is 0 Å². The maximum atomic E-state index is 8.94. The van der Waals surface area contributed by atoms with Crippen LogP contribution in [0.1, 0.15) is 25.0 Å². The van der Waals surface area contributed by atoms with Crippen molar-refractivity contribution in [3.05, 3.63) is 29.3 Å². The quantitative estimate of drug-likeness (QED) is 0.799. The van der Waals surface area contributed by atoms with E-state index in [0.29, 0.717) is 23.4 Å². The second-order valence-electron chi connectivity index (χ2n) is 4.29. The summed E-state index contributed by atoms with van der Waals surface area (Å²) >= 11 is 0. The van der Waals surface area contributed by atoms with Crippen LogP contribution in [0, 0.1) is 22.7 Å². The van der Waals surface area contributed by atoms with Gasteiger partial charge in [-0.3, -0.25) is 0 Å². The number of hydrogen-bond acceptors (Lipinski definition) is 4. The summed E-state index contributed by atoms with van der Waals surface area (Å²) in [7, 11) is 0. The van der Waals surface area contributed by atoms with Crippen molar-refractivity contribution in [3.8, 4) is 12.1 Å². The van der Waals surface area contributed by atoms with Crippen LogP contribution in [0.15, 0.2) is 18.2 Å². The molecule has 0 atom stereocenters. The van der Waals surface area contributed by atoms with Crippen LogP contribution in [0.25, 0.3) is 0 Å². The fourth-order valence-electron chi connectivity index (χ4n) is 1.25. The zero-order chi connectivity index (χ0) is 12.2. The van der Waals surface area contributed by atoms with Crippen LogP contribution >= 0.6 is 0 Å². The van der Waals surface area contributed by atoms with Gasteiger partial charge in [0.15, 0.2) is 0 Å². The summed E-state index contributed by atoms with van der Waals surface area (Å²) in [6.45, 7) is 4.25. The van der Waals surface area contributed by atoms with Gasteiger partial charge in [-0.15, -0.1) is 0 Å². The zero-order valence-corrected chi connectivity index (χ0v) is 9.41. The van der Waals surface area contributed by atoms with E-state index in [1.807, 2.05) is 13.8 Å². The van der Waals surface area contributed by atoms with Crippen LogP contribution in [0.5, 0.6) is 0 Å². The molecule has 4 nitrogen and oxygen atoms in total. The third-order valence-corrected chi connectivity index (χ3v) is 2.03. The molecule has 0 aliphatic carbocycles. The van der Waals surface area contributed by atoms with Gasteiger partial charge in [-0.2, -0.15) is 10.5 Å². The third kappa shape index (κ3) is 2.98. The molecule has 82 valence electrons. The predicted molar refractivity (Wildman–Crippen MR) is 62.6 cm³/mol. The molecule has 0 radical (unpaired) electrons. The lowest BCUT2D eigenvalue weighted by atomic mass is 10.1. The van der Waals surface area contributed by atoms with Gasteiger partial charge in [0, 0.05) is 12.1 Å². The third-order valence-electron chi connectivity index (χ3n) is 2.03. The Hall–Kier alpha value is -2.04. The largest absolute Gasteiger partial charge is 0.381 e. The first-order valence-electron chi connectivity index (χ1n) is 4.94. The molecule has 0 bridgehead atoms. The minimum atomic E-state index is -0.394. The zero-order valence-electron chi connectivity index (χ0n) is 9.41. The standard InChI is InChI=1S/C12H14N4/c1-12(2,15)8-16-11-9(6-13)4-3-5-10(11)7-14/h3-5,16H,8,15H2,1-2H3. The van der Waals surface area contributed by atoms with E-state index in [1.54, 1.807) is 18.2 Å². The molecular weight excluding hydrogens is 200 g/mol. The highest BCUT2D eigenvalue weighted by atomic mass is 14.9. The molecule has 0 amide bonds. The fourth-order valence-corrected chi connectivity index (χ4v) is 1.25. The van der Waals surface area contributed by atoms with E-state index in [1.165, 1.54) is 0 Å². The number of hydrogen-bond donors (Lipinski definition) is 2. The van der Waals surface area contributed by atoms with Crippen LogP contribution in [-0.4, -0.2) is 12.1 Å². The van der Waals surface area contributed by atoms with Gasteiger partial charge in [0.25, 0.3) is 0 Å². The summed E-state index contributed by atoms with van der Waals surface area (Å²) in [4.78, 5) is 0. The van der Waals surface area contributed by atoms with E-state index in [-0.39, 0.29) is 0 Å². The normalized spacial score (nSPS) is 10.3. The van der Waals surface area contributed by atoms with E-state index in [4.69, 9.17) is 16.3 Å². The van der Waals surface area contributed by atoms with Gasteiger partial charge in [0.1, 0.15) is 12.1 Å². The Bertz CT molecular complexity index is 425. The Morgan fingerprint density at radius 2 is 1.75 bits per heavy atom. The molecule has 0 fully saturated rings. The molecule has 1 aromatic carbocycles. The van der Waals surface area contributed by atoms with Crippen molar-refractivity contribution >= 4 is 5.69 Å². The highest BCUT2D eigenvalue weighted by molar-refractivity contribution is 5.66. The Morgan fingerprint density at radius 1 is 1.25 bits per heavy atom. The van der Waals surface area contributed by atoms with E-state index in [9.17, 15) is 0 Å². The summed E-state index contributed by atoms with van der Waals surface area (Å²) in [5.41, 5.74) is 6.93. The average Bonchev–Trinajstić information content (AvgIpc) is 2.24. The van der Waals surface area contributed by atoms with Crippen molar-refractivity contribution in [1.82, 2.24) is 0 Å². The topological polar surface area (TPSA) is 85.6 Å². The molecule has 1 rings (SSSR count). The van der Waals surface area contributed by atoms with E-state index >= 15 is 0 Å². The minimum Gasteiger partial charge on any atom is -0.381 e. The predicted octanol–water partition coefficient (Wildman–Crippen LogP) is 1.58. The lowest BCUT2D eigenvalue weighted by molar-refractivity contribution is 0.549. The Labute approximate surface area is 95.3 Å². The number of benzene rings is 1. The Morgan fingerprint density at radius 3 is 2.12 bits per heavy atom. The average molecular weight is 214 g/mol. The van der Waals surface area contributed by atoms with Gasteiger partial charge in [0.05, 0.1) is 16.8 Å². The molecule has 0 aliphatic heterocycles. The molecule has 4 heteroatoms. The van der Waals surface area contributed by atoms with E-state index < -0.39 is 5.54 Å². The van der Waals surface area contributed by atoms with Crippen LogP contribution in [-0.2, 0) is 0 Å². The van der Waals surface area contributed by atoms with Crippen LogP contribution in [0.3, 0.4) is 0 Å². The van der Waals surface area contributed by atoms with Crippen molar-refractivity contribution in [1.29, 1.82) is 10.5 Å². The molecular formula is C12H14N4. The van der Waals surface area contributed by atoms with E-state index in [2.05, 4.69) is 17.5 Å².